The number of likely N-dealkylation sites (tertiary alicyclic amines) is 2. The second kappa shape index (κ2) is 15.4. The lowest BCUT2D eigenvalue weighted by Gasteiger charge is -2.37. The van der Waals surface area contributed by atoms with Crippen LogP contribution in [0.4, 0.5) is 9.59 Å². The lowest BCUT2D eigenvalue weighted by Crippen LogP contribution is -2.54. The molecule has 2 aliphatic carbocycles. The molecule has 0 unspecified atom stereocenters. The number of alkyl carbamates (subject to hydrolysis) is 2. The summed E-state index contributed by atoms with van der Waals surface area (Å²) in [5.74, 6) is 1.61. The number of aromatic nitrogens is 4. The number of fused-ring (bicyclic) bond motifs is 6. The van der Waals surface area contributed by atoms with E-state index in [0.717, 1.165) is 76.4 Å². The minimum Gasteiger partial charge on any atom is -0.453 e. The standard InChI is InChI=1S/C45H51ClN8O6/c1-21(2)34(50-44(57)59-5)42(55)53-29-14-11-27(18-29)38(53)41-48-36(39(46)52-41)24-9-7-23(8-10-24)25-12-15-30-26(17-25)13-16-31-37(30)49-40(47-31)33-20-28-19-32(28)54(33)43(56)35(22(3)4)51-45(58)60-6/h7-10,12-13,15-17,21-22,27-29,32-35,38H,11,14,18-20H2,1-6H3,(H,47,49)(H,48,52)(H,50,57)(H,51,58)/t27-,28+,29+,32+,33-,34-,35-,38-/m0/s1. The van der Waals surface area contributed by atoms with E-state index >= 15 is 0 Å². The molecule has 60 heavy (non-hydrogen) atoms. The van der Waals surface area contributed by atoms with Gasteiger partial charge in [-0.25, -0.2) is 19.6 Å². The first-order valence-corrected chi connectivity index (χ1v) is 21.3. The van der Waals surface area contributed by atoms with E-state index in [1.807, 2.05) is 55.7 Å². The van der Waals surface area contributed by atoms with Gasteiger partial charge in [-0.2, -0.15) is 0 Å². The Morgan fingerprint density at radius 3 is 2.05 bits per heavy atom. The molecule has 5 aromatic rings. The van der Waals surface area contributed by atoms with Gasteiger partial charge < -0.3 is 39.9 Å². The van der Waals surface area contributed by atoms with Gasteiger partial charge in [0, 0.05) is 23.0 Å². The van der Waals surface area contributed by atoms with Crippen LogP contribution in [0, 0.1) is 23.7 Å². The van der Waals surface area contributed by atoms with Crippen LogP contribution in [-0.4, -0.2) is 92.1 Å². The second-order valence-corrected chi connectivity index (χ2v) is 17.9. The summed E-state index contributed by atoms with van der Waals surface area (Å²) >= 11 is 6.82. The third-order valence-electron chi connectivity index (χ3n) is 13.3. The highest BCUT2D eigenvalue weighted by Crippen LogP contribution is 2.54. The van der Waals surface area contributed by atoms with E-state index in [2.05, 4.69) is 57.0 Å². The first-order valence-electron chi connectivity index (χ1n) is 21.0. The van der Waals surface area contributed by atoms with E-state index in [-0.39, 0.29) is 53.7 Å². The number of amides is 4. The highest BCUT2D eigenvalue weighted by Gasteiger charge is 2.56. The van der Waals surface area contributed by atoms with Gasteiger partial charge in [-0.1, -0.05) is 81.8 Å². The van der Waals surface area contributed by atoms with Gasteiger partial charge in [0.15, 0.2) is 5.15 Å². The van der Waals surface area contributed by atoms with Crippen molar-refractivity contribution in [3.05, 3.63) is 71.4 Å². The van der Waals surface area contributed by atoms with Crippen molar-refractivity contribution in [2.24, 2.45) is 23.7 Å². The van der Waals surface area contributed by atoms with Gasteiger partial charge in [0.2, 0.25) is 11.8 Å². The van der Waals surface area contributed by atoms with Crippen LogP contribution in [0.15, 0.2) is 54.6 Å². The van der Waals surface area contributed by atoms with Crippen LogP contribution in [0.3, 0.4) is 0 Å². The van der Waals surface area contributed by atoms with Crippen molar-refractivity contribution in [1.29, 1.82) is 0 Å². The Kier molecular flexibility index (Phi) is 10.2. The Balaban J connectivity index is 0.945. The van der Waals surface area contributed by atoms with E-state index in [4.69, 9.17) is 31.0 Å². The molecule has 2 aliphatic heterocycles. The fourth-order valence-corrected chi connectivity index (χ4v) is 10.3. The highest BCUT2D eigenvalue weighted by molar-refractivity contribution is 6.32. The predicted molar refractivity (Wildman–Crippen MR) is 227 cm³/mol. The molecular formula is C45H51ClN8O6. The molecule has 2 bridgehead atoms. The summed E-state index contributed by atoms with van der Waals surface area (Å²) in [4.78, 5) is 72.9. The number of nitrogens with zero attached hydrogens (tertiary/aromatic N) is 4. The molecular weight excluding hydrogens is 784 g/mol. The van der Waals surface area contributed by atoms with Crippen LogP contribution < -0.4 is 10.6 Å². The van der Waals surface area contributed by atoms with Crippen LogP contribution in [0.1, 0.15) is 83.5 Å². The Hall–Kier alpha value is -5.63. The predicted octanol–water partition coefficient (Wildman–Crippen LogP) is 7.90. The summed E-state index contributed by atoms with van der Waals surface area (Å²) in [6, 6.07) is 17.0. The molecule has 2 aromatic heterocycles. The van der Waals surface area contributed by atoms with Gasteiger partial charge in [-0.05, 0) is 84.4 Å². The van der Waals surface area contributed by atoms with Crippen molar-refractivity contribution < 1.29 is 28.7 Å². The van der Waals surface area contributed by atoms with Crippen molar-refractivity contribution in [3.63, 3.8) is 0 Å². The van der Waals surface area contributed by atoms with E-state index in [1.54, 1.807) is 0 Å². The van der Waals surface area contributed by atoms with Crippen molar-refractivity contribution in [1.82, 2.24) is 40.4 Å². The summed E-state index contributed by atoms with van der Waals surface area (Å²) < 4.78 is 9.65. The Morgan fingerprint density at radius 1 is 0.733 bits per heavy atom. The van der Waals surface area contributed by atoms with E-state index in [9.17, 15) is 19.2 Å². The van der Waals surface area contributed by atoms with Crippen LogP contribution >= 0.6 is 11.6 Å². The average molecular weight is 835 g/mol. The minimum absolute atomic E-state index is 0.0767. The molecule has 4 heterocycles. The average Bonchev–Trinajstić information content (AvgIpc) is 3.81. The second-order valence-electron chi connectivity index (χ2n) is 17.6. The topological polar surface area (TPSA) is 175 Å². The fraction of sp³-hybridized carbons (Fsp3) is 0.467. The number of aromatic amines is 2. The van der Waals surface area contributed by atoms with Gasteiger partial charge >= 0.3 is 12.2 Å². The SMILES string of the molecule is COC(=O)N[C@H](C(=O)N1[C@@H]2CC[C@@H](C2)[C@H]1c1nc(Cl)c(-c2ccc(-c3ccc4c(ccc5nc([C@@H]6C[C@H]7C[C@H]7N6C(=O)[C@@H](NC(=O)OC)C(C)C)[nH]c54)c3)cc2)[nH]1)C(C)C. The van der Waals surface area contributed by atoms with Crippen molar-refractivity contribution in [2.45, 2.75) is 96.1 Å². The van der Waals surface area contributed by atoms with Crippen LogP contribution in [0.5, 0.6) is 0 Å². The number of benzene rings is 3. The van der Waals surface area contributed by atoms with Crippen LogP contribution in [0.25, 0.3) is 44.2 Å². The molecule has 0 radical (unpaired) electrons. The fourth-order valence-electron chi connectivity index (χ4n) is 10.1. The van der Waals surface area contributed by atoms with Gasteiger partial charge in [-0.3, -0.25) is 9.59 Å². The number of hydrogen-bond acceptors (Lipinski definition) is 8. The minimum atomic E-state index is -0.720. The number of methoxy groups -OCH3 is 2. The molecule has 314 valence electrons. The van der Waals surface area contributed by atoms with Crippen molar-refractivity contribution >= 4 is 57.4 Å². The molecule has 4 aliphatic rings. The number of hydrogen-bond donors (Lipinski definition) is 4. The maximum Gasteiger partial charge on any atom is 0.407 e. The molecule has 14 nitrogen and oxygen atoms in total. The van der Waals surface area contributed by atoms with Crippen molar-refractivity contribution in [2.75, 3.05) is 14.2 Å². The van der Waals surface area contributed by atoms with Gasteiger partial charge in [0.1, 0.15) is 23.7 Å². The zero-order chi connectivity index (χ0) is 42.1. The number of nitrogens with one attached hydrogen (secondary N) is 4. The number of piperidine rings is 2. The number of imidazole rings is 2. The van der Waals surface area contributed by atoms with Crippen molar-refractivity contribution in [3.8, 4) is 22.4 Å². The molecule has 0 spiro atoms. The lowest BCUT2D eigenvalue weighted by atomic mass is 9.95. The van der Waals surface area contributed by atoms with E-state index in [1.165, 1.54) is 14.2 Å². The first kappa shape index (κ1) is 39.8. The van der Waals surface area contributed by atoms with E-state index < -0.39 is 24.3 Å². The molecule has 4 N–H and O–H groups in total. The Labute approximate surface area is 353 Å². The monoisotopic (exact) mass is 834 g/mol. The normalized spacial score (nSPS) is 23.9. The zero-order valence-electron chi connectivity index (χ0n) is 34.6. The van der Waals surface area contributed by atoms with Crippen LogP contribution in [0.2, 0.25) is 5.15 Å². The summed E-state index contributed by atoms with van der Waals surface area (Å²) in [5.41, 5.74) is 5.40. The summed E-state index contributed by atoms with van der Waals surface area (Å²) in [6.45, 7) is 7.67. The molecule has 8 atom stereocenters. The summed E-state index contributed by atoms with van der Waals surface area (Å²) in [5, 5.41) is 7.92. The lowest BCUT2D eigenvalue weighted by molar-refractivity contribution is -0.139. The smallest absolute Gasteiger partial charge is 0.407 e. The maximum absolute atomic E-state index is 14.0. The maximum atomic E-state index is 14.0. The Bertz CT molecular complexity index is 2500. The summed E-state index contributed by atoms with van der Waals surface area (Å²) in [7, 11) is 2.60. The number of ether oxygens (including phenoxy) is 2. The molecule has 2 saturated heterocycles. The molecule has 4 amide bonds. The van der Waals surface area contributed by atoms with Gasteiger partial charge in [0.05, 0.1) is 43.0 Å². The van der Waals surface area contributed by atoms with Crippen LogP contribution in [-0.2, 0) is 19.1 Å². The number of carbonyl (C=O) groups excluding carboxylic acids is 4. The largest absolute Gasteiger partial charge is 0.453 e. The Morgan fingerprint density at radius 2 is 1.38 bits per heavy atom. The van der Waals surface area contributed by atoms with Gasteiger partial charge in [0.25, 0.3) is 0 Å². The van der Waals surface area contributed by atoms with E-state index in [0.29, 0.717) is 22.6 Å². The number of carbonyl (C=O) groups is 4. The molecule has 4 fully saturated rings. The number of halogens is 1. The molecule has 9 rings (SSSR count). The van der Waals surface area contributed by atoms with Gasteiger partial charge in [-0.15, -0.1) is 0 Å². The highest BCUT2D eigenvalue weighted by atomic mass is 35.5. The molecule has 15 heteroatoms. The zero-order valence-corrected chi connectivity index (χ0v) is 35.4. The third-order valence-corrected chi connectivity index (χ3v) is 13.5. The number of rotatable bonds is 10. The molecule has 3 aromatic carbocycles. The summed E-state index contributed by atoms with van der Waals surface area (Å²) in [6.07, 6.45) is 3.35. The third kappa shape index (κ3) is 6.91. The first-order chi connectivity index (χ1) is 28.8. The number of H-pyrrole nitrogens is 2. The quantitative estimate of drug-likeness (QED) is 0.110. The molecule has 2 saturated carbocycles.